The van der Waals surface area contributed by atoms with Gasteiger partial charge in [-0.25, -0.2) is 27.5 Å². The second-order valence-electron chi connectivity index (χ2n) is 6.10. The van der Waals surface area contributed by atoms with Gasteiger partial charge in [-0.05, 0) is 31.7 Å². The fraction of sp³-hybridized carbons (Fsp3) is 0.158. The second kappa shape index (κ2) is 9.28. The van der Waals surface area contributed by atoms with E-state index in [9.17, 15) is 17.8 Å². The summed E-state index contributed by atoms with van der Waals surface area (Å²) in [6.07, 6.45) is 1.34. The highest BCUT2D eigenvalue weighted by atomic mass is 32.2. The molecule has 0 bridgehead atoms. The van der Waals surface area contributed by atoms with Crippen LogP contribution in [0.25, 0.3) is 0 Å². The number of amides is 2. The quantitative estimate of drug-likeness (QED) is 0.580. The molecule has 158 valence electrons. The highest BCUT2D eigenvalue weighted by Crippen LogP contribution is 2.31. The van der Waals surface area contributed by atoms with Crippen molar-refractivity contribution in [2.75, 3.05) is 24.3 Å². The van der Waals surface area contributed by atoms with Crippen LogP contribution in [-0.4, -0.2) is 29.3 Å². The van der Waals surface area contributed by atoms with Crippen molar-refractivity contribution in [2.24, 2.45) is 0 Å². The number of hydrogen-bond donors (Lipinski definition) is 2. The molecule has 2 amide bonds. The summed E-state index contributed by atoms with van der Waals surface area (Å²) in [4.78, 5) is 18.5. The van der Waals surface area contributed by atoms with Crippen molar-refractivity contribution in [3.63, 3.8) is 0 Å². The number of carbonyl (C=O) groups excluding carboxylic acids is 1. The standard InChI is InChI=1S/C19H18F2N4O3S2/c1-11-4-5-14(9-16(11)30(27)22-2)25(3)19(26)24-18-23-10-17(29-18)28-15-7-12(20)6-13(21)8-15/h4-10,22H,1-3H3,(H,23,24,26). The number of aryl methyl sites for hydroxylation is 1. The van der Waals surface area contributed by atoms with Crippen molar-refractivity contribution >= 4 is 39.2 Å². The molecule has 1 unspecified atom stereocenters. The number of hydrogen-bond acceptors (Lipinski definition) is 5. The number of ether oxygens (including phenoxy) is 1. The Bertz CT molecular complexity index is 1090. The number of carbonyl (C=O) groups is 1. The van der Waals surface area contributed by atoms with E-state index in [0.717, 1.165) is 35.1 Å². The topological polar surface area (TPSA) is 83.6 Å². The van der Waals surface area contributed by atoms with Gasteiger partial charge in [-0.3, -0.25) is 10.2 Å². The molecule has 0 spiro atoms. The lowest BCUT2D eigenvalue weighted by Gasteiger charge is -2.18. The number of nitrogens with zero attached hydrogens (tertiary/aromatic N) is 2. The molecule has 0 aliphatic rings. The fourth-order valence-electron chi connectivity index (χ4n) is 2.47. The van der Waals surface area contributed by atoms with Gasteiger partial charge in [-0.2, -0.15) is 0 Å². The van der Waals surface area contributed by atoms with Crippen LogP contribution in [0, 0.1) is 18.6 Å². The summed E-state index contributed by atoms with van der Waals surface area (Å²) in [5, 5.41) is 3.11. The lowest BCUT2D eigenvalue weighted by molar-refractivity contribution is 0.258. The maximum Gasteiger partial charge on any atom is 0.327 e. The molecule has 7 nitrogen and oxygen atoms in total. The molecule has 0 aliphatic heterocycles. The summed E-state index contributed by atoms with van der Waals surface area (Å²) >= 11 is 0.999. The average molecular weight is 453 g/mol. The smallest absolute Gasteiger partial charge is 0.327 e. The molecule has 0 saturated carbocycles. The Balaban J connectivity index is 1.70. The summed E-state index contributed by atoms with van der Waals surface area (Å²) < 4.78 is 46.7. The SMILES string of the molecule is CNS(=O)c1cc(N(C)C(=O)Nc2ncc(Oc3cc(F)cc(F)c3)s2)ccc1C. The molecular weight excluding hydrogens is 434 g/mol. The number of aromatic nitrogens is 1. The Morgan fingerprint density at radius 3 is 2.57 bits per heavy atom. The Morgan fingerprint density at radius 2 is 1.90 bits per heavy atom. The predicted molar refractivity (Wildman–Crippen MR) is 113 cm³/mol. The Kier molecular flexibility index (Phi) is 6.75. The average Bonchev–Trinajstić information content (AvgIpc) is 3.13. The van der Waals surface area contributed by atoms with Gasteiger partial charge in [0.25, 0.3) is 0 Å². The molecule has 1 atom stereocenters. The van der Waals surface area contributed by atoms with Crippen LogP contribution in [0.2, 0.25) is 0 Å². The van der Waals surface area contributed by atoms with E-state index in [2.05, 4.69) is 15.0 Å². The molecular formula is C19H18F2N4O3S2. The second-order valence-corrected chi connectivity index (χ2v) is 8.48. The highest BCUT2D eigenvalue weighted by molar-refractivity contribution is 7.83. The Labute approximate surface area is 178 Å². The third-order valence-electron chi connectivity index (χ3n) is 4.00. The first kappa shape index (κ1) is 21.8. The van der Waals surface area contributed by atoms with Crippen LogP contribution in [0.1, 0.15) is 5.56 Å². The van der Waals surface area contributed by atoms with E-state index < -0.39 is 28.7 Å². The van der Waals surface area contributed by atoms with Crippen LogP contribution in [0.3, 0.4) is 0 Å². The van der Waals surface area contributed by atoms with Crippen LogP contribution in [0.5, 0.6) is 10.8 Å². The van der Waals surface area contributed by atoms with Crippen LogP contribution in [-0.2, 0) is 11.0 Å². The number of nitrogens with one attached hydrogen (secondary N) is 2. The minimum atomic E-state index is -1.39. The van der Waals surface area contributed by atoms with Gasteiger partial charge in [0, 0.05) is 30.9 Å². The lowest BCUT2D eigenvalue weighted by atomic mass is 10.2. The minimum absolute atomic E-state index is 0.0177. The zero-order valence-electron chi connectivity index (χ0n) is 16.2. The van der Waals surface area contributed by atoms with Gasteiger partial charge in [0.2, 0.25) is 5.06 Å². The molecule has 1 aromatic heterocycles. The predicted octanol–water partition coefficient (Wildman–Crippen LogP) is 4.43. The Hall–Kier alpha value is -2.89. The maximum atomic E-state index is 13.3. The molecule has 0 saturated heterocycles. The number of thiazole rings is 1. The molecule has 30 heavy (non-hydrogen) atoms. The van der Waals surface area contributed by atoms with E-state index in [-0.39, 0.29) is 15.9 Å². The summed E-state index contributed by atoms with van der Waals surface area (Å²) in [6.45, 7) is 1.83. The van der Waals surface area contributed by atoms with E-state index in [0.29, 0.717) is 10.6 Å². The van der Waals surface area contributed by atoms with Crippen molar-refractivity contribution in [3.05, 3.63) is 59.8 Å². The van der Waals surface area contributed by atoms with E-state index in [1.807, 2.05) is 6.92 Å². The van der Waals surface area contributed by atoms with Gasteiger partial charge >= 0.3 is 6.03 Å². The van der Waals surface area contributed by atoms with Gasteiger partial charge in [-0.1, -0.05) is 17.4 Å². The minimum Gasteiger partial charge on any atom is -0.445 e. The number of urea groups is 1. The molecule has 3 rings (SSSR count). The number of rotatable bonds is 6. The van der Waals surface area contributed by atoms with Gasteiger partial charge in [0.05, 0.1) is 11.1 Å². The van der Waals surface area contributed by atoms with Crippen molar-refractivity contribution in [2.45, 2.75) is 11.8 Å². The molecule has 1 heterocycles. The van der Waals surface area contributed by atoms with Crippen LogP contribution < -0.4 is 19.7 Å². The van der Waals surface area contributed by atoms with Crippen molar-refractivity contribution in [1.29, 1.82) is 0 Å². The molecule has 0 fully saturated rings. The summed E-state index contributed by atoms with van der Waals surface area (Å²) in [5.41, 5.74) is 1.37. The van der Waals surface area contributed by atoms with Gasteiger partial charge in [0.15, 0.2) is 5.13 Å². The molecule has 2 aromatic carbocycles. The summed E-state index contributed by atoms with van der Waals surface area (Å²) in [6, 6.07) is 7.52. The first-order chi connectivity index (χ1) is 14.3. The largest absolute Gasteiger partial charge is 0.445 e. The molecule has 3 aromatic rings. The molecule has 2 N–H and O–H groups in total. The van der Waals surface area contributed by atoms with Gasteiger partial charge < -0.3 is 4.74 Å². The van der Waals surface area contributed by atoms with Crippen LogP contribution in [0.15, 0.2) is 47.5 Å². The first-order valence-corrected chi connectivity index (χ1v) is 10.6. The Morgan fingerprint density at radius 1 is 1.20 bits per heavy atom. The van der Waals surface area contributed by atoms with Crippen molar-refractivity contribution in [1.82, 2.24) is 9.71 Å². The van der Waals surface area contributed by atoms with Gasteiger partial charge in [0.1, 0.15) is 28.4 Å². The number of benzene rings is 2. The maximum absolute atomic E-state index is 13.3. The fourth-order valence-corrected chi connectivity index (χ4v) is 3.95. The number of halogens is 2. The lowest BCUT2D eigenvalue weighted by Crippen LogP contribution is -2.31. The van der Waals surface area contributed by atoms with E-state index in [1.54, 1.807) is 32.3 Å². The van der Waals surface area contributed by atoms with E-state index in [4.69, 9.17) is 4.74 Å². The monoisotopic (exact) mass is 452 g/mol. The first-order valence-electron chi connectivity index (χ1n) is 8.61. The summed E-state index contributed by atoms with van der Waals surface area (Å²) in [5.74, 6) is -1.54. The molecule has 0 radical (unpaired) electrons. The van der Waals surface area contributed by atoms with Crippen LogP contribution in [0.4, 0.5) is 24.4 Å². The van der Waals surface area contributed by atoms with Crippen molar-refractivity contribution < 1.29 is 22.5 Å². The third-order valence-corrected chi connectivity index (χ3v) is 6.00. The molecule has 11 heteroatoms. The molecule has 0 aliphatic carbocycles. The van der Waals surface area contributed by atoms with E-state index in [1.165, 1.54) is 11.1 Å². The third kappa shape index (κ3) is 5.17. The van der Waals surface area contributed by atoms with Crippen LogP contribution >= 0.6 is 11.3 Å². The van der Waals surface area contributed by atoms with Crippen molar-refractivity contribution in [3.8, 4) is 10.8 Å². The summed E-state index contributed by atoms with van der Waals surface area (Å²) in [7, 11) is 1.76. The highest BCUT2D eigenvalue weighted by Gasteiger charge is 2.16. The zero-order chi connectivity index (χ0) is 21.8. The normalized spacial score (nSPS) is 11.8. The van der Waals surface area contributed by atoms with E-state index >= 15 is 0 Å². The number of anilines is 2. The van der Waals surface area contributed by atoms with Gasteiger partial charge in [-0.15, -0.1) is 0 Å². The zero-order valence-corrected chi connectivity index (χ0v) is 17.9.